The number of hydrogen-bond acceptors (Lipinski definition) is 6. The number of carboxylic acids is 1. The number of pyridine rings is 1. The number of aliphatic carboxylic acids is 1. The van der Waals surface area contributed by atoms with E-state index in [-0.39, 0.29) is 12.3 Å². The summed E-state index contributed by atoms with van der Waals surface area (Å²) in [7, 11) is 1.64. The van der Waals surface area contributed by atoms with E-state index in [1.165, 1.54) is 0 Å². The van der Waals surface area contributed by atoms with Gasteiger partial charge in [-0.05, 0) is 55.0 Å². The molecular formula is C28H27N3O5. The van der Waals surface area contributed by atoms with Crippen LogP contribution in [0.2, 0.25) is 0 Å². The van der Waals surface area contributed by atoms with Gasteiger partial charge in [-0.2, -0.15) is 0 Å². The van der Waals surface area contributed by atoms with Gasteiger partial charge in [0.05, 0.1) is 18.9 Å². The van der Waals surface area contributed by atoms with Crippen molar-refractivity contribution in [2.24, 2.45) is 0 Å². The van der Waals surface area contributed by atoms with Crippen molar-refractivity contribution in [3.63, 3.8) is 0 Å². The molecule has 0 aliphatic rings. The van der Waals surface area contributed by atoms with Gasteiger partial charge >= 0.3 is 5.97 Å². The number of carboxylic acid groups (broad SMARTS) is 1. The predicted octanol–water partition coefficient (Wildman–Crippen LogP) is 4.58. The van der Waals surface area contributed by atoms with Gasteiger partial charge in [0.2, 0.25) is 0 Å². The van der Waals surface area contributed by atoms with Gasteiger partial charge in [-0.1, -0.05) is 24.1 Å². The van der Waals surface area contributed by atoms with Crippen molar-refractivity contribution in [3.05, 3.63) is 78.0 Å². The number of ether oxygens (including phenoxy) is 3. The molecule has 0 saturated carbocycles. The van der Waals surface area contributed by atoms with Crippen LogP contribution >= 0.6 is 0 Å². The number of benzene rings is 2. The molecule has 1 N–H and O–H groups in total. The third kappa shape index (κ3) is 6.40. The Bertz CT molecular complexity index is 1370. The lowest BCUT2D eigenvalue weighted by Crippen LogP contribution is -2.04. The Balaban J connectivity index is 1.40. The molecule has 0 bridgehead atoms. The van der Waals surface area contributed by atoms with E-state index in [1.807, 2.05) is 66.9 Å². The summed E-state index contributed by atoms with van der Waals surface area (Å²) in [6.07, 6.45) is 1.86. The largest absolute Gasteiger partial charge is 0.491 e. The van der Waals surface area contributed by atoms with E-state index in [2.05, 4.69) is 21.9 Å². The SMILES string of the molecule is CC#CC(CC(=O)O)c1ccc(OCc2ccc3nc(-c4ccc(OCCOC)cc4)nn3c2)cc1. The van der Waals surface area contributed by atoms with Crippen LogP contribution in [-0.2, 0) is 16.1 Å². The van der Waals surface area contributed by atoms with Gasteiger partial charge in [0.25, 0.3) is 0 Å². The van der Waals surface area contributed by atoms with Crippen LogP contribution in [-0.4, -0.2) is 46.0 Å². The molecule has 8 heteroatoms. The van der Waals surface area contributed by atoms with E-state index >= 15 is 0 Å². The molecule has 0 fully saturated rings. The molecule has 36 heavy (non-hydrogen) atoms. The molecule has 0 saturated heterocycles. The first-order chi connectivity index (χ1) is 17.6. The number of aromatic nitrogens is 3. The van der Waals surface area contributed by atoms with Crippen LogP contribution in [0.5, 0.6) is 11.5 Å². The Morgan fingerprint density at radius 1 is 1.00 bits per heavy atom. The molecule has 2 aromatic carbocycles. The molecular weight excluding hydrogens is 458 g/mol. The van der Waals surface area contributed by atoms with E-state index < -0.39 is 5.97 Å². The van der Waals surface area contributed by atoms with E-state index in [9.17, 15) is 4.79 Å². The molecule has 8 nitrogen and oxygen atoms in total. The van der Waals surface area contributed by atoms with Gasteiger partial charge in [-0.15, -0.1) is 11.0 Å². The minimum absolute atomic E-state index is 0.0345. The van der Waals surface area contributed by atoms with E-state index in [4.69, 9.17) is 19.3 Å². The molecule has 2 heterocycles. The molecule has 0 spiro atoms. The predicted molar refractivity (Wildman–Crippen MR) is 135 cm³/mol. The van der Waals surface area contributed by atoms with Crippen molar-refractivity contribution in [1.82, 2.24) is 14.6 Å². The maximum absolute atomic E-state index is 11.1. The van der Waals surface area contributed by atoms with Gasteiger partial charge < -0.3 is 19.3 Å². The zero-order valence-corrected chi connectivity index (χ0v) is 20.2. The normalized spacial score (nSPS) is 11.5. The average Bonchev–Trinajstić information content (AvgIpc) is 3.31. The van der Waals surface area contributed by atoms with E-state index in [0.29, 0.717) is 31.4 Å². The van der Waals surface area contributed by atoms with Crippen molar-refractivity contribution in [2.75, 3.05) is 20.3 Å². The van der Waals surface area contributed by atoms with Crippen molar-refractivity contribution in [3.8, 4) is 34.7 Å². The van der Waals surface area contributed by atoms with Crippen LogP contribution in [0.1, 0.15) is 30.4 Å². The first kappa shape index (κ1) is 24.8. The monoisotopic (exact) mass is 485 g/mol. The Morgan fingerprint density at radius 3 is 2.42 bits per heavy atom. The number of methoxy groups -OCH3 is 1. The first-order valence-electron chi connectivity index (χ1n) is 11.5. The second kappa shape index (κ2) is 11.9. The van der Waals surface area contributed by atoms with Gasteiger partial charge in [0.15, 0.2) is 11.5 Å². The summed E-state index contributed by atoms with van der Waals surface area (Å²) in [6.45, 7) is 3.09. The summed E-state index contributed by atoms with van der Waals surface area (Å²) >= 11 is 0. The van der Waals surface area contributed by atoms with Crippen molar-refractivity contribution in [2.45, 2.75) is 25.9 Å². The molecule has 0 aliphatic heterocycles. The standard InChI is InChI=1S/C28H27N3O5/c1-3-4-23(17-27(32)33)21-6-10-25(11-7-21)36-19-20-5-14-26-29-28(30-31(26)18-20)22-8-12-24(13-9-22)35-16-15-34-2/h5-14,18,23H,15-17,19H2,1-2H3,(H,32,33). The molecule has 0 radical (unpaired) electrons. The van der Waals surface area contributed by atoms with Gasteiger partial charge in [-0.25, -0.2) is 9.50 Å². The number of carbonyl (C=O) groups is 1. The highest BCUT2D eigenvalue weighted by molar-refractivity contribution is 5.69. The van der Waals surface area contributed by atoms with Crippen LogP contribution in [0, 0.1) is 11.8 Å². The maximum Gasteiger partial charge on any atom is 0.304 e. The lowest BCUT2D eigenvalue weighted by Gasteiger charge is -2.11. The highest BCUT2D eigenvalue weighted by Crippen LogP contribution is 2.23. The van der Waals surface area contributed by atoms with E-state index in [1.54, 1.807) is 18.5 Å². The second-order valence-corrected chi connectivity index (χ2v) is 8.04. The molecule has 4 rings (SSSR count). The first-order valence-corrected chi connectivity index (χ1v) is 11.5. The Hall–Kier alpha value is -4.35. The number of rotatable bonds is 11. The minimum Gasteiger partial charge on any atom is -0.491 e. The summed E-state index contributed by atoms with van der Waals surface area (Å²) in [5.41, 5.74) is 3.42. The molecule has 2 aromatic heterocycles. The van der Waals surface area contributed by atoms with Gasteiger partial charge in [0.1, 0.15) is 24.7 Å². The second-order valence-electron chi connectivity index (χ2n) is 8.04. The fraction of sp³-hybridized carbons (Fsp3) is 0.250. The lowest BCUT2D eigenvalue weighted by molar-refractivity contribution is -0.137. The molecule has 1 atom stereocenters. The van der Waals surface area contributed by atoms with Crippen LogP contribution < -0.4 is 9.47 Å². The van der Waals surface area contributed by atoms with Crippen LogP contribution in [0.3, 0.4) is 0 Å². The fourth-order valence-corrected chi connectivity index (χ4v) is 3.64. The zero-order valence-electron chi connectivity index (χ0n) is 20.2. The van der Waals surface area contributed by atoms with Crippen LogP contribution in [0.25, 0.3) is 17.0 Å². The highest BCUT2D eigenvalue weighted by atomic mass is 16.5. The summed E-state index contributed by atoms with van der Waals surface area (Å²) in [5.74, 6) is 6.61. The van der Waals surface area contributed by atoms with Gasteiger partial charge in [0, 0.05) is 24.4 Å². The van der Waals surface area contributed by atoms with Gasteiger partial charge in [-0.3, -0.25) is 4.79 Å². The zero-order chi connectivity index (χ0) is 25.3. The Morgan fingerprint density at radius 2 is 1.72 bits per heavy atom. The smallest absolute Gasteiger partial charge is 0.304 e. The van der Waals surface area contributed by atoms with Crippen LogP contribution in [0.4, 0.5) is 0 Å². The number of fused-ring (bicyclic) bond motifs is 1. The quantitative estimate of drug-likeness (QED) is 0.245. The number of hydrogen-bond donors (Lipinski definition) is 1. The Labute approximate surface area is 209 Å². The fourth-order valence-electron chi connectivity index (χ4n) is 3.64. The molecule has 184 valence electrons. The topological polar surface area (TPSA) is 95.2 Å². The highest BCUT2D eigenvalue weighted by Gasteiger charge is 2.13. The average molecular weight is 486 g/mol. The third-order valence-electron chi connectivity index (χ3n) is 5.45. The van der Waals surface area contributed by atoms with Crippen molar-refractivity contribution < 1.29 is 24.1 Å². The Kier molecular flexibility index (Phi) is 8.16. The summed E-state index contributed by atoms with van der Waals surface area (Å²) < 4.78 is 18.3. The lowest BCUT2D eigenvalue weighted by atomic mass is 9.96. The molecule has 1 unspecified atom stereocenters. The molecule has 0 amide bonds. The molecule has 4 aromatic rings. The summed E-state index contributed by atoms with van der Waals surface area (Å²) in [6, 6.07) is 18.9. The minimum atomic E-state index is -0.876. The summed E-state index contributed by atoms with van der Waals surface area (Å²) in [5, 5.41) is 13.7. The van der Waals surface area contributed by atoms with E-state index in [0.717, 1.165) is 28.1 Å². The third-order valence-corrected chi connectivity index (χ3v) is 5.45. The van der Waals surface area contributed by atoms with Crippen molar-refractivity contribution >= 4 is 11.6 Å². The maximum atomic E-state index is 11.1. The van der Waals surface area contributed by atoms with Crippen molar-refractivity contribution in [1.29, 1.82) is 0 Å². The number of nitrogens with zero attached hydrogens (tertiary/aromatic N) is 3. The van der Waals surface area contributed by atoms with Crippen LogP contribution in [0.15, 0.2) is 66.9 Å². The molecule has 0 aliphatic carbocycles. The summed E-state index contributed by atoms with van der Waals surface area (Å²) in [4.78, 5) is 15.7.